The first-order valence-corrected chi connectivity index (χ1v) is 7.76. The van der Waals surface area contributed by atoms with Crippen molar-refractivity contribution in [1.29, 1.82) is 0 Å². The van der Waals surface area contributed by atoms with Crippen LogP contribution in [0, 0.1) is 0 Å². The lowest BCUT2D eigenvalue weighted by Gasteiger charge is -2.11. The van der Waals surface area contributed by atoms with Gasteiger partial charge in [-0.25, -0.2) is 5.43 Å². The predicted molar refractivity (Wildman–Crippen MR) is 92.8 cm³/mol. The van der Waals surface area contributed by atoms with Crippen LogP contribution in [-0.4, -0.2) is 24.7 Å². The molecule has 0 radical (unpaired) electrons. The molecule has 130 valence electrons. The minimum Gasteiger partial charge on any atom is -0.550 e. The average molecular weight is 360 g/mol. The van der Waals surface area contributed by atoms with Crippen molar-refractivity contribution in [3.63, 3.8) is 0 Å². The summed E-state index contributed by atoms with van der Waals surface area (Å²) < 4.78 is 5.13. The maximum atomic E-state index is 12.1. The summed E-state index contributed by atoms with van der Waals surface area (Å²) in [5.74, 6) is -1.16. The van der Waals surface area contributed by atoms with E-state index in [4.69, 9.17) is 16.3 Å². The number of nitrogens with zero attached hydrogens (tertiary/aromatic N) is 1. The van der Waals surface area contributed by atoms with Gasteiger partial charge in [0, 0.05) is 28.5 Å². The quantitative estimate of drug-likeness (QED) is 0.629. The molecule has 0 aliphatic carbocycles. The summed E-state index contributed by atoms with van der Waals surface area (Å²) in [6.07, 6.45) is -0.279. The fourth-order valence-electron chi connectivity index (χ4n) is 2.19. The van der Waals surface area contributed by atoms with E-state index in [0.717, 1.165) is 0 Å². The van der Waals surface area contributed by atoms with Gasteiger partial charge in [0.15, 0.2) is 0 Å². The largest absolute Gasteiger partial charge is 0.550 e. The Morgan fingerprint density at radius 1 is 1.20 bits per heavy atom. The van der Waals surface area contributed by atoms with E-state index in [1.165, 1.54) is 13.2 Å². The van der Waals surface area contributed by atoms with E-state index in [0.29, 0.717) is 33.2 Å². The van der Waals surface area contributed by atoms with Gasteiger partial charge in [0.05, 0.1) is 12.8 Å². The summed E-state index contributed by atoms with van der Waals surface area (Å²) in [5, 5.41) is 15.4. The molecule has 1 N–H and O–H groups in total. The molecule has 0 bridgehead atoms. The SMILES string of the molecule is COc1ccc(/C(C)=N\NC(=O)c2cccc(Cl)c2)cc1CC(=O)[O-]. The van der Waals surface area contributed by atoms with Crippen LogP contribution in [0.1, 0.15) is 28.4 Å². The number of carboxylic acids is 1. The Hall–Kier alpha value is -2.86. The highest BCUT2D eigenvalue weighted by atomic mass is 35.5. The number of halogens is 1. The van der Waals surface area contributed by atoms with Crippen molar-refractivity contribution in [2.24, 2.45) is 5.10 Å². The van der Waals surface area contributed by atoms with Gasteiger partial charge in [0.25, 0.3) is 5.91 Å². The van der Waals surface area contributed by atoms with E-state index < -0.39 is 11.9 Å². The third-order valence-corrected chi connectivity index (χ3v) is 3.68. The Morgan fingerprint density at radius 2 is 1.96 bits per heavy atom. The molecular formula is C18H16ClN2O4-. The Bertz CT molecular complexity index is 834. The first-order valence-electron chi connectivity index (χ1n) is 7.38. The zero-order chi connectivity index (χ0) is 18.4. The van der Waals surface area contributed by atoms with Gasteiger partial charge in [-0.3, -0.25) is 4.79 Å². The number of methoxy groups -OCH3 is 1. The number of rotatable bonds is 6. The predicted octanol–water partition coefficient (Wildman–Crippen LogP) is 1.79. The summed E-state index contributed by atoms with van der Waals surface area (Å²) in [6, 6.07) is 11.5. The lowest BCUT2D eigenvalue weighted by molar-refractivity contribution is -0.304. The smallest absolute Gasteiger partial charge is 0.271 e. The number of ether oxygens (including phenoxy) is 1. The summed E-state index contributed by atoms with van der Waals surface area (Å²) >= 11 is 5.85. The minimum absolute atomic E-state index is 0.279. The molecule has 0 heterocycles. The first-order chi connectivity index (χ1) is 11.9. The number of hydrogen-bond donors (Lipinski definition) is 1. The maximum Gasteiger partial charge on any atom is 0.271 e. The van der Waals surface area contributed by atoms with Crippen LogP contribution in [0.5, 0.6) is 5.75 Å². The molecule has 0 fully saturated rings. The molecule has 6 nitrogen and oxygen atoms in total. The first kappa shape index (κ1) is 18.5. The lowest BCUT2D eigenvalue weighted by Crippen LogP contribution is -2.24. The molecule has 0 aliphatic heterocycles. The molecule has 2 aromatic rings. The fraction of sp³-hybridized carbons (Fsp3) is 0.167. The second-order valence-corrected chi connectivity index (χ2v) is 5.66. The van der Waals surface area contributed by atoms with Gasteiger partial charge < -0.3 is 14.6 Å². The van der Waals surface area contributed by atoms with Crippen LogP contribution in [0.4, 0.5) is 0 Å². The van der Waals surface area contributed by atoms with Crippen molar-refractivity contribution in [2.75, 3.05) is 7.11 Å². The lowest BCUT2D eigenvalue weighted by atomic mass is 10.0. The zero-order valence-electron chi connectivity index (χ0n) is 13.7. The van der Waals surface area contributed by atoms with Gasteiger partial charge in [0.1, 0.15) is 5.75 Å². The summed E-state index contributed by atoms with van der Waals surface area (Å²) in [7, 11) is 1.46. The van der Waals surface area contributed by atoms with Gasteiger partial charge in [-0.2, -0.15) is 5.10 Å². The van der Waals surface area contributed by atoms with Gasteiger partial charge in [-0.05, 0) is 48.9 Å². The number of benzene rings is 2. The number of hydrogen-bond acceptors (Lipinski definition) is 5. The Balaban J connectivity index is 2.18. The third-order valence-electron chi connectivity index (χ3n) is 3.44. The second-order valence-electron chi connectivity index (χ2n) is 5.22. The minimum atomic E-state index is -1.21. The van der Waals surface area contributed by atoms with E-state index >= 15 is 0 Å². The molecule has 2 rings (SSSR count). The van der Waals surface area contributed by atoms with E-state index in [9.17, 15) is 14.7 Å². The molecule has 0 aromatic heterocycles. The average Bonchev–Trinajstić information content (AvgIpc) is 2.58. The number of aliphatic carboxylic acids is 1. The van der Waals surface area contributed by atoms with E-state index in [1.807, 2.05) is 0 Å². The van der Waals surface area contributed by atoms with Crippen molar-refractivity contribution < 1.29 is 19.4 Å². The number of carbonyl (C=O) groups is 2. The van der Waals surface area contributed by atoms with Gasteiger partial charge in [-0.15, -0.1) is 0 Å². The van der Waals surface area contributed by atoms with Crippen molar-refractivity contribution in [1.82, 2.24) is 5.43 Å². The maximum absolute atomic E-state index is 12.1. The van der Waals surface area contributed by atoms with E-state index in [1.54, 1.807) is 43.3 Å². The molecule has 0 saturated heterocycles. The summed E-state index contributed by atoms with van der Waals surface area (Å²) in [4.78, 5) is 22.9. The van der Waals surface area contributed by atoms with Crippen LogP contribution in [0.2, 0.25) is 5.02 Å². The van der Waals surface area contributed by atoms with Crippen LogP contribution in [0.3, 0.4) is 0 Å². The molecule has 7 heteroatoms. The standard InChI is InChI=1S/C18H17ClN2O4/c1-11(20-21-18(24)13-4-3-5-15(19)9-13)12-6-7-16(25-2)14(8-12)10-17(22)23/h3-9H,10H2,1-2H3,(H,21,24)(H,22,23)/p-1/b20-11-. The van der Waals surface area contributed by atoms with Crippen LogP contribution in [-0.2, 0) is 11.2 Å². The molecule has 25 heavy (non-hydrogen) atoms. The number of hydrazone groups is 1. The van der Waals surface area contributed by atoms with Crippen LogP contribution in [0.25, 0.3) is 0 Å². The molecule has 0 atom stereocenters. The molecule has 0 spiro atoms. The van der Waals surface area contributed by atoms with Crippen molar-refractivity contribution >= 4 is 29.2 Å². The second kappa shape index (κ2) is 8.30. The van der Waals surface area contributed by atoms with Crippen LogP contribution < -0.4 is 15.3 Å². The Morgan fingerprint density at radius 3 is 2.60 bits per heavy atom. The number of amides is 1. The van der Waals surface area contributed by atoms with E-state index in [2.05, 4.69) is 10.5 Å². The highest BCUT2D eigenvalue weighted by molar-refractivity contribution is 6.30. The number of nitrogens with one attached hydrogen (secondary N) is 1. The van der Waals surface area contributed by atoms with Crippen LogP contribution >= 0.6 is 11.6 Å². The summed E-state index contributed by atoms with van der Waals surface area (Å²) in [5.41, 5.74) is 4.47. The highest BCUT2D eigenvalue weighted by Crippen LogP contribution is 2.21. The fourth-order valence-corrected chi connectivity index (χ4v) is 2.38. The zero-order valence-corrected chi connectivity index (χ0v) is 14.5. The Labute approximate surface area is 150 Å². The van der Waals surface area contributed by atoms with Gasteiger partial charge in [0.2, 0.25) is 0 Å². The third kappa shape index (κ3) is 5.06. The normalized spacial score (nSPS) is 11.1. The summed E-state index contributed by atoms with van der Waals surface area (Å²) in [6.45, 7) is 1.70. The van der Waals surface area contributed by atoms with Crippen molar-refractivity contribution in [2.45, 2.75) is 13.3 Å². The number of carbonyl (C=O) groups excluding carboxylic acids is 2. The Kier molecular flexibility index (Phi) is 6.14. The molecule has 0 unspecified atom stereocenters. The molecule has 0 aliphatic rings. The molecular weight excluding hydrogens is 344 g/mol. The van der Waals surface area contributed by atoms with Crippen molar-refractivity contribution in [3.8, 4) is 5.75 Å². The van der Waals surface area contributed by atoms with E-state index in [-0.39, 0.29) is 6.42 Å². The van der Waals surface area contributed by atoms with Crippen LogP contribution in [0.15, 0.2) is 47.6 Å². The molecule has 1 amide bonds. The highest BCUT2D eigenvalue weighted by Gasteiger charge is 2.08. The van der Waals surface area contributed by atoms with Crippen molar-refractivity contribution in [3.05, 3.63) is 64.2 Å². The topological polar surface area (TPSA) is 90.8 Å². The number of carboxylic acid groups (broad SMARTS) is 1. The molecule has 0 saturated carbocycles. The monoisotopic (exact) mass is 359 g/mol. The van der Waals surface area contributed by atoms with Gasteiger partial charge in [-0.1, -0.05) is 17.7 Å². The molecule has 2 aromatic carbocycles. The van der Waals surface area contributed by atoms with Gasteiger partial charge >= 0.3 is 0 Å².